The van der Waals surface area contributed by atoms with Gasteiger partial charge in [0.05, 0.1) is 25.5 Å². The molecule has 0 saturated heterocycles. The molecule has 290 valence electrons. The van der Waals surface area contributed by atoms with E-state index in [0.29, 0.717) is 24.5 Å². The highest BCUT2D eigenvalue weighted by molar-refractivity contribution is 6.99. The number of halogens is 1. The molecule has 1 saturated carbocycles. The van der Waals surface area contributed by atoms with Gasteiger partial charge < -0.3 is 29.6 Å². The third kappa shape index (κ3) is 7.06. The Labute approximate surface area is 332 Å². The number of aryl methyl sites for hydroxylation is 1. The van der Waals surface area contributed by atoms with Gasteiger partial charge in [-0.3, -0.25) is 0 Å². The number of ether oxygens (including phenoxy) is 2. The van der Waals surface area contributed by atoms with Gasteiger partial charge in [-0.1, -0.05) is 111 Å². The average Bonchev–Trinajstić information content (AvgIpc) is 3.34. The van der Waals surface area contributed by atoms with Crippen LogP contribution < -0.4 is 25.7 Å². The highest BCUT2D eigenvalue weighted by atomic mass is 35.5. The normalized spacial score (nSPS) is 22.6. The maximum Gasteiger partial charge on any atom is 0.343 e. The van der Waals surface area contributed by atoms with E-state index in [1.54, 1.807) is 6.07 Å². The number of benzene rings is 4. The molecule has 1 spiro atoms. The number of rotatable bonds is 11. The number of nitrogens with two attached hydrogens (primary N) is 1. The highest BCUT2D eigenvalue weighted by Crippen LogP contribution is 2.48. The molecule has 4 aromatic rings. The molecule has 0 aromatic heterocycles. The Morgan fingerprint density at radius 1 is 1.05 bits per heavy atom. The maximum absolute atomic E-state index is 12.9. The molecule has 7 rings (SSSR count). The summed E-state index contributed by atoms with van der Waals surface area (Å²) < 4.78 is 19.5. The summed E-state index contributed by atoms with van der Waals surface area (Å²) in [7, 11) is -1.58. The highest BCUT2D eigenvalue weighted by Gasteiger charge is 2.53. The number of carbonyl (C=O) groups is 1. The lowest BCUT2D eigenvalue weighted by Crippen LogP contribution is -2.68. The second-order valence-electron chi connectivity index (χ2n) is 16.8. The van der Waals surface area contributed by atoms with Gasteiger partial charge in [-0.15, -0.1) is 6.58 Å². The molecular weight excluding hydrogens is 724 g/mol. The summed E-state index contributed by atoms with van der Waals surface area (Å²) in [5.41, 5.74) is 7.53. The monoisotopic (exact) mass is 778 g/mol. The summed E-state index contributed by atoms with van der Waals surface area (Å²) in [4.78, 5) is 15.4. The molecule has 1 heterocycles. The number of aliphatic hydroxyl groups is 1. The van der Waals surface area contributed by atoms with Crippen molar-refractivity contribution in [3.8, 4) is 5.75 Å². The summed E-state index contributed by atoms with van der Waals surface area (Å²) in [5.74, 6) is 0.444. The van der Waals surface area contributed by atoms with E-state index in [9.17, 15) is 9.90 Å². The van der Waals surface area contributed by atoms with Crippen LogP contribution in [-0.2, 0) is 31.4 Å². The van der Waals surface area contributed by atoms with Crippen molar-refractivity contribution in [1.29, 1.82) is 0 Å². The number of carbonyl (C=O) groups excluding carboxylic acids is 1. The molecule has 3 aliphatic rings. The van der Waals surface area contributed by atoms with Crippen LogP contribution in [0.5, 0.6) is 5.75 Å². The number of methoxy groups -OCH3 is 1. The van der Waals surface area contributed by atoms with E-state index in [1.807, 2.05) is 24.3 Å². The minimum absolute atomic E-state index is 0.170. The van der Waals surface area contributed by atoms with E-state index >= 15 is 0 Å². The van der Waals surface area contributed by atoms with Crippen molar-refractivity contribution in [1.82, 2.24) is 0 Å². The second kappa shape index (κ2) is 15.5. The van der Waals surface area contributed by atoms with E-state index in [2.05, 4.69) is 105 Å². The number of hydrogen-bond donors (Lipinski definition) is 2. The summed E-state index contributed by atoms with van der Waals surface area (Å²) in [5, 5.41) is 14.6. The van der Waals surface area contributed by atoms with Crippen LogP contribution in [0.25, 0.3) is 0 Å². The van der Waals surface area contributed by atoms with Gasteiger partial charge in [-0.05, 0) is 100 Å². The minimum Gasteiger partial charge on any atom is -0.490 e. The van der Waals surface area contributed by atoms with Gasteiger partial charge in [0.1, 0.15) is 5.75 Å². The lowest BCUT2D eigenvalue weighted by Gasteiger charge is -2.50. The molecule has 1 fully saturated rings. The fraction of sp³-hybridized carbons (Fsp3) is 0.413. The van der Waals surface area contributed by atoms with Crippen LogP contribution in [0, 0.1) is 11.8 Å². The molecular formula is C46H55ClN2O5Si. The SMILES string of the molecule is C=C[C@H](O[Si](c1ccccc1)(c1ccccc1)C(C)(C)C)[C@@H]1CC[C@H]1CN1C[C@@]2(CCCc3cc(Cl)ccc32)COc2ccc([C@@](O)(CN)C(=O)OC)cc21. The lowest BCUT2D eigenvalue weighted by atomic mass is 9.68. The third-order valence-corrected chi connectivity index (χ3v) is 17.9. The van der Waals surface area contributed by atoms with Crippen LogP contribution in [0.3, 0.4) is 0 Å². The van der Waals surface area contributed by atoms with Crippen molar-refractivity contribution in [2.24, 2.45) is 17.6 Å². The Hall–Kier alpha value is -3.92. The molecule has 0 radical (unpaired) electrons. The summed E-state index contributed by atoms with van der Waals surface area (Å²) in [6, 6.07) is 33.3. The molecule has 0 amide bonds. The van der Waals surface area contributed by atoms with Gasteiger partial charge in [-0.25, -0.2) is 4.79 Å². The van der Waals surface area contributed by atoms with E-state index < -0.39 is 19.9 Å². The first-order valence-electron chi connectivity index (χ1n) is 19.6. The van der Waals surface area contributed by atoms with Gasteiger partial charge >= 0.3 is 5.97 Å². The summed E-state index contributed by atoms with van der Waals surface area (Å²) in [6.07, 6.45) is 6.90. The van der Waals surface area contributed by atoms with E-state index in [1.165, 1.54) is 28.6 Å². The van der Waals surface area contributed by atoms with E-state index in [0.717, 1.165) is 49.4 Å². The number of fused-ring (bicyclic) bond motifs is 3. The average molecular weight is 779 g/mol. The fourth-order valence-electron chi connectivity index (χ4n) is 9.60. The van der Waals surface area contributed by atoms with Crippen LogP contribution in [-0.4, -0.2) is 58.8 Å². The Bertz CT molecular complexity index is 1970. The zero-order valence-corrected chi connectivity index (χ0v) is 34.4. The molecule has 3 N–H and O–H groups in total. The first kappa shape index (κ1) is 39.3. The van der Waals surface area contributed by atoms with E-state index in [-0.39, 0.29) is 34.9 Å². The third-order valence-electron chi connectivity index (χ3n) is 12.6. The lowest BCUT2D eigenvalue weighted by molar-refractivity contribution is -0.162. The van der Waals surface area contributed by atoms with Gasteiger partial charge in [0.25, 0.3) is 8.32 Å². The van der Waals surface area contributed by atoms with Crippen molar-refractivity contribution < 1.29 is 23.8 Å². The van der Waals surface area contributed by atoms with Crippen molar-refractivity contribution in [2.45, 2.75) is 75.0 Å². The Morgan fingerprint density at radius 2 is 1.75 bits per heavy atom. The smallest absolute Gasteiger partial charge is 0.343 e. The predicted octanol–water partition coefficient (Wildman–Crippen LogP) is 7.29. The molecule has 7 nitrogen and oxygen atoms in total. The maximum atomic E-state index is 12.9. The Balaban J connectivity index is 1.28. The zero-order chi connectivity index (χ0) is 39.0. The minimum atomic E-state index is -2.85. The van der Waals surface area contributed by atoms with E-state index in [4.69, 9.17) is 31.2 Å². The van der Waals surface area contributed by atoms with Gasteiger partial charge in [0.2, 0.25) is 0 Å². The summed E-state index contributed by atoms with van der Waals surface area (Å²) in [6.45, 7) is 13.0. The standard InChI is InChI=1S/C46H55ClN2O5Si/c1-6-41(54-55(44(2,3)4,36-15-9-7-10-16-36)37-17-11-8-12-18-37)38-22-19-33(38)28-49-30-45(25-13-14-32-26-35(47)21-23-39(32)45)31-53-42-24-20-34(27-40(42)49)46(51,29-48)43(50)52-5/h6-12,15-18,20-21,23-24,26-27,33,38,41,51H,1,13-14,19,22,25,28-31,48H2,2-5H3/t33-,38+,41-,45-,46-/m0/s1. The molecule has 9 heteroatoms. The molecule has 2 aliphatic carbocycles. The second-order valence-corrected chi connectivity index (χ2v) is 21.5. The predicted molar refractivity (Wildman–Crippen MR) is 224 cm³/mol. The first-order chi connectivity index (χ1) is 26.4. The van der Waals surface area contributed by atoms with Crippen LogP contribution in [0.15, 0.2) is 110 Å². The van der Waals surface area contributed by atoms with Crippen molar-refractivity contribution in [3.05, 3.63) is 131 Å². The molecule has 0 bridgehead atoms. The van der Waals surface area contributed by atoms with Gasteiger partial charge in [0, 0.05) is 30.1 Å². The molecule has 55 heavy (non-hydrogen) atoms. The van der Waals surface area contributed by atoms with Crippen LogP contribution in [0.1, 0.15) is 63.1 Å². The van der Waals surface area contributed by atoms with Crippen LogP contribution in [0.4, 0.5) is 5.69 Å². The molecule has 4 aromatic carbocycles. The van der Waals surface area contributed by atoms with Crippen molar-refractivity contribution >= 4 is 41.9 Å². The molecule has 5 atom stereocenters. The van der Waals surface area contributed by atoms with Gasteiger partial charge in [0.15, 0.2) is 5.60 Å². The molecule has 1 aliphatic heterocycles. The quantitative estimate of drug-likeness (QED) is 0.0939. The zero-order valence-electron chi connectivity index (χ0n) is 32.6. The number of esters is 1. The number of anilines is 1. The van der Waals surface area contributed by atoms with Gasteiger partial charge in [-0.2, -0.15) is 0 Å². The Kier molecular flexibility index (Phi) is 11.1. The number of nitrogens with zero attached hydrogens (tertiary/aromatic N) is 1. The number of hydrogen-bond acceptors (Lipinski definition) is 7. The largest absolute Gasteiger partial charge is 0.490 e. The van der Waals surface area contributed by atoms with Crippen LogP contribution >= 0.6 is 11.6 Å². The topological polar surface area (TPSA) is 94.3 Å². The summed E-state index contributed by atoms with van der Waals surface area (Å²) >= 11 is 6.53. The first-order valence-corrected chi connectivity index (χ1v) is 21.9. The fourth-order valence-corrected chi connectivity index (χ4v) is 14.5. The molecule has 0 unspecified atom stereocenters. The van der Waals surface area contributed by atoms with Crippen LogP contribution in [0.2, 0.25) is 10.1 Å². The van der Waals surface area contributed by atoms with Crippen molar-refractivity contribution in [3.63, 3.8) is 0 Å². The Morgan fingerprint density at radius 3 is 2.33 bits per heavy atom. The van der Waals surface area contributed by atoms with Crippen molar-refractivity contribution in [2.75, 3.05) is 38.3 Å².